The number of hydrogen-bond donors (Lipinski definition) is 1. The van der Waals surface area contributed by atoms with E-state index in [1.165, 1.54) is 40.7 Å². The van der Waals surface area contributed by atoms with Gasteiger partial charge in [0.1, 0.15) is 5.75 Å². The van der Waals surface area contributed by atoms with Crippen molar-refractivity contribution in [1.29, 1.82) is 0 Å². The Bertz CT molecular complexity index is 1000. The van der Waals surface area contributed by atoms with Crippen LogP contribution in [0.1, 0.15) is 48.3 Å². The molecule has 3 heteroatoms. The first-order chi connectivity index (χ1) is 15.2. The zero-order chi connectivity index (χ0) is 21.5. The number of phenols is 1. The largest absolute Gasteiger partial charge is 0.508 e. The number of hydrogen-bond acceptors (Lipinski definition) is 2. The molecule has 0 fully saturated rings. The minimum Gasteiger partial charge on any atom is -0.508 e. The van der Waals surface area contributed by atoms with Gasteiger partial charge in [-0.05, 0) is 79.5 Å². The Morgan fingerprint density at radius 1 is 0.906 bits per heavy atom. The van der Waals surface area contributed by atoms with Gasteiger partial charge in [-0.3, -0.25) is 0 Å². The topological polar surface area (TPSA) is 23.5 Å². The molecule has 0 spiro atoms. The van der Waals surface area contributed by atoms with Crippen LogP contribution >= 0.6 is 12.4 Å². The fraction of sp³-hybridized carbons (Fsp3) is 0.310. The van der Waals surface area contributed by atoms with E-state index in [1.54, 1.807) is 6.07 Å². The van der Waals surface area contributed by atoms with Gasteiger partial charge in [0.2, 0.25) is 0 Å². The molecule has 168 valence electrons. The van der Waals surface area contributed by atoms with Gasteiger partial charge < -0.3 is 10.0 Å². The molecule has 0 bridgehead atoms. The molecule has 1 N–H and O–H groups in total. The normalized spacial score (nSPS) is 16.5. The fourth-order valence-corrected chi connectivity index (χ4v) is 4.77. The molecule has 2 nitrogen and oxygen atoms in total. The highest BCUT2D eigenvalue weighted by Gasteiger charge is 2.22. The molecule has 1 atom stereocenters. The van der Waals surface area contributed by atoms with Crippen molar-refractivity contribution in [3.05, 3.63) is 107 Å². The van der Waals surface area contributed by atoms with E-state index in [2.05, 4.69) is 78.7 Å². The van der Waals surface area contributed by atoms with Crippen molar-refractivity contribution in [1.82, 2.24) is 4.90 Å². The molecule has 3 aromatic carbocycles. The number of rotatable bonds is 7. The number of halogens is 1. The average Bonchev–Trinajstić information content (AvgIpc) is 3.02. The second kappa shape index (κ2) is 11.9. The third kappa shape index (κ3) is 6.48. The van der Waals surface area contributed by atoms with E-state index in [9.17, 15) is 5.11 Å². The molecular formula is C29H34ClNO. The van der Waals surface area contributed by atoms with Crippen LogP contribution in [0.4, 0.5) is 0 Å². The van der Waals surface area contributed by atoms with Crippen LogP contribution in [-0.4, -0.2) is 30.1 Å². The minimum absolute atomic E-state index is 0. The number of likely N-dealkylation sites (N-methyl/N-ethyl adjacent to an activating group) is 1. The summed E-state index contributed by atoms with van der Waals surface area (Å²) >= 11 is 0. The van der Waals surface area contributed by atoms with Crippen LogP contribution in [-0.2, 0) is 6.42 Å². The summed E-state index contributed by atoms with van der Waals surface area (Å²) < 4.78 is 0. The molecule has 3 aromatic rings. The predicted molar refractivity (Wildman–Crippen MR) is 138 cm³/mol. The molecule has 0 aliphatic heterocycles. The van der Waals surface area contributed by atoms with Crippen LogP contribution < -0.4 is 0 Å². The maximum Gasteiger partial charge on any atom is 0.116 e. The molecule has 0 saturated carbocycles. The monoisotopic (exact) mass is 447 g/mol. The number of phenolic OH excluding ortho intramolecular Hbond substituents is 1. The Balaban J connectivity index is 0.00000289. The van der Waals surface area contributed by atoms with Gasteiger partial charge in [-0.25, -0.2) is 0 Å². The Hall–Kier alpha value is -2.55. The first-order valence-electron chi connectivity index (χ1n) is 11.5. The molecule has 4 rings (SSSR count). The zero-order valence-corrected chi connectivity index (χ0v) is 19.7. The van der Waals surface area contributed by atoms with Gasteiger partial charge in [0.05, 0.1) is 0 Å². The second-order valence-electron chi connectivity index (χ2n) is 8.81. The molecule has 1 aliphatic rings. The standard InChI is InChI=1S/C29H33NO.ClH/c1-30(19-18-23-10-4-2-5-11-23)22-27-16-8-14-25(24-12-6-3-7-13-24)21-29(27)26-15-9-17-28(31)20-26;/h2-7,9-13,15,17,20,25,31H,8,14,16,18-19,21-22H2,1H3;1H. The lowest BCUT2D eigenvalue weighted by molar-refractivity contribution is 0.363. The van der Waals surface area contributed by atoms with E-state index in [0.717, 1.165) is 32.4 Å². The van der Waals surface area contributed by atoms with Gasteiger partial charge in [0, 0.05) is 13.1 Å². The Labute approximate surface area is 199 Å². The maximum absolute atomic E-state index is 10.1. The van der Waals surface area contributed by atoms with E-state index < -0.39 is 0 Å². The Kier molecular flexibility index (Phi) is 8.96. The molecule has 0 aromatic heterocycles. The summed E-state index contributed by atoms with van der Waals surface area (Å²) in [5.74, 6) is 0.882. The number of aromatic hydroxyl groups is 1. The summed E-state index contributed by atoms with van der Waals surface area (Å²) in [5, 5.41) is 10.1. The van der Waals surface area contributed by atoms with Crippen molar-refractivity contribution in [2.75, 3.05) is 20.1 Å². The molecule has 0 amide bonds. The molecule has 1 aliphatic carbocycles. The zero-order valence-electron chi connectivity index (χ0n) is 18.9. The van der Waals surface area contributed by atoms with Crippen molar-refractivity contribution in [2.24, 2.45) is 0 Å². The third-order valence-electron chi connectivity index (χ3n) is 6.46. The number of allylic oxidation sites excluding steroid dienone is 1. The van der Waals surface area contributed by atoms with Gasteiger partial charge in [-0.2, -0.15) is 0 Å². The Morgan fingerprint density at radius 3 is 2.34 bits per heavy atom. The summed E-state index contributed by atoms with van der Waals surface area (Å²) in [6.07, 6.45) is 5.66. The fourth-order valence-electron chi connectivity index (χ4n) is 4.77. The van der Waals surface area contributed by atoms with Gasteiger partial charge in [-0.15, -0.1) is 12.4 Å². The molecular weight excluding hydrogens is 414 g/mol. The van der Waals surface area contributed by atoms with E-state index >= 15 is 0 Å². The van der Waals surface area contributed by atoms with Crippen molar-refractivity contribution >= 4 is 18.0 Å². The highest BCUT2D eigenvalue weighted by Crippen LogP contribution is 2.40. The second-order valence-corrected chi connectivity index (χ2v) is 8.81. The first kappa shape index (κ1) is 24.1. The molecule has 0 saturated heterocycles. The lowest BCUT2D eigenvalue weighted by Crippen LogP contribution is -2.24. The van der Waals surface area contributed by atoms with E-state index in [4.69, 9.17) is 0 Å². The quantitative estimate of drug-likeness (QED) is 0.417. The molecule has 0 heterocycles. The van der Waals surface area contributed by atoms with Crippen molar-refractivity contribution in [3.63, 3.8) is 0 Å². The van der Waals surface area contributed by atoms with Crippen LogP contribution in [0.3, 0.4) is 0 Å². The molecule has 32 heavy (non-hydrogen) atoms. The smallest absolute Gasteiger partial charge is 0.116 e. The maximum atomic E-state index is 10.1. The first-order valence-corrected chi connectivity index (χ1v) is 11.5. The predicted octanol–water partition coefficient (Wildman–Crippen LogP) is 7.10. The summed E-state index contributed by atoms with van der Waals surface area (Å²) in [6, 6.07) is 29.5. The third-order valence-corrected chi connectivity index (χ3v) is 6.46. The van der Waals surface area contributed by atoms with Crippen LogP contribution in [0.15, 0.2) is 90.5 Å². The van der Waals surface area contributed by atoms with Gasteiger partial charge >= 0.3 is 0 Å². The summed E-state index contributed by atoms with van der Waals surface area (Å²) in [5.41, 5.74) is 6.95. The van der Waals surface area contributed by atoms with E-state index in [1.807, 2.05) is 12.1 Å². The minimum atomic E-state index is 0. The summed E-state index contributed by atoms with van der Waals surface area (Å²) in [7, 11) is 2.23. The van der Waals surface area contributed by atoms with Crippen molar-refractivity contribution in [3.8, 4) is 5.75 Å². The van der Waals surface area contributed by atoms with Gasteiger partial charge in [-0.1, -0.05) is 78.4 Å². The highest BCUT2D eigenvalue weighted by molar-refractivity contribution is 5.85. The van der Waals surface area contributed by atoms with E-state index in [-0.39, 0.29) is 12.4 Å². The lowest BCUT2D eigenvalue weighted by atomic mass is 9.87. The average molecular weight is 448 g/mol. The highest BCUT2D eigenvalue weighted by atomic mass is 35.5. The molecule has 0 radical (unpaired) electrons. The van der Waals surface area contributed by atoms with Crippen LogP contribution in [0.2, 0.25) is 0 Å². The van der Waals surface area contributed by atoms with Gasteiger partial charge in [0.15, 0.2) is 0 Å². The summed E-state index contributed by atoms with van der Waals surface area (Å²) in [4.78, 5) is 2.45. The lowest BCUT2D eigenvalue weighted by Gasteiger charge is -2.22. The van der Waals surface area contributed by atoms with Crippen molar-refractivity contribution in [2.45, 2.75) is 38.0 Å². The van der Waals surface area contributed by atoms with Gasteiger partial charge in [0.25, 0.3) is 0 Å². The molecule has 1 unspecified atom stereocenters. The number of benzene rings is 3. The summed E-state index contributed by atoms with van der Waals surface area (Å²) in [6.45, 7) is 2.03. The Morgan fingerprint density at radius 2 is 1.62 bits per heavy atom. The van der Waals surface area contributed by atoms with Crippen molar-refractivity contribution < 1.29 is 5.11 Å². The van der Waals surface area contributed by atoms with Crippen LogP contribution in [0.5, 0.6) is 5.75 Å². The van der Waals surface area contributed by atoms with Crippen LogP contribution in [0, 0.1) is 0 Å². The van der Waals surface area contributed by atoms with E-state index in [0.29, 0.717) is 11.7 Å². The number of nitrogens with zero attached hydrogens (tertiary/aromatic N) is 1. The SMILES string of the molecule is CN(CCc1ccccc1)CC1=C(c2cccc(O)c2)CC(c2ccccc2)CCC1.Cl. The van der Waals surface area contributed by atoms with Crippen LogP contribution in [0.25, 0.3) is 5.57 Å².